The van der Waals surface area contributed by atoms with Crippen molar-refractivity contribution in [2.45, 2.75) is 12.7 Å². The van der Waals surface area contributed by atoms with Crippen LogP contribution in [0.2, 0.25) is 5.02 Å². The van der Waals surface area contributed by atoms with Crippen LogP contribution in [-0.4, -0.2) is 0 Å². The standard InChI is InChI=1S/C8H7ClF3N/c9-7-3-6(8(10,11)12)2-1-5(7)4-13/h1-3H,4,13H2. The minimum atomic E-state index is -4.35. The zero-order valence-corrected chi connectivity index (χ0v) is 7.28. The predicted octanol–water partition coefficient (Wildman–Crippen LogP) is 2.82. The zero-order chi connectivity index (χ0) is 10.1. The van der Waals surface area contributed by atoms with Crippen molar-refractivity contribution in [2.75, 3.05) is 0 Å². The van der Waals surface area contributed by atoms with Crippen LogP contribution in [0.3, 0.4) is 0 Å². The molecule has 0 spiro atoms. The molecule has 0 atom stereocenters. The molecule has 72 valence electrons. The first-order valence-electron chi connectivity index (χ1n) is 3.51. The average molecular weight is 210 g/mol. The normalized spacial score (nSPS) is 11.8. The van der Waals surface area contributed by atoms with Crippen molar-refractivity contribution in [1.82, 2.24) is 0 Å². The molecule has 0 saturated heterocycles. The molecule has 2 N–H and O–H groups in total. The molecule has 1 aromatic rings. The molecule has 0 heterocycles. The summed E-state index contributed by atoms with van der Waals surface area (Å²) in [4.78, 5) is 0. The zero-order valence-electron chi connectivity index (χ0n) is 6.53. The van der Waals surface area contributed by atoms with Gasteiger partial charge in [0.1, 0.15) is 0 Å². The Morgan fingerprint density at radius 2 is 1.92 bits per heavy atom. The Bertz CT molecular complexity index is 309. The van der Waals surface area contributed by atoms with Crippen molar-refractivity contribution in [3.8, 4) is 0 Å². The van der Waals surface area contributed by atoms with Crippen LogP contribution in [0.1, 0.15) is 11.1 Å². The summed E-state index contributed by atoms with van der Waals surface area (Å²) in [6.45, 7) is 0.136. The first-order valence-corrected chi connectivity index (χ1v) is 3.88. The van der Waals surface area contributed by atoms with Crippen molar-refractivity contribution in [2.24, 2.45) is 5.73 Å². The van der Waals surface area contributed by atoms with Crippen LogP contribution in [0.4, 0.5) is 13.2 Å². The van der Waals surface area contributed by atoms with Gasteiger partial charge in [-0.2, -0.15) is 13.2 Å². The second-order valence-electron chi connectivity index (χ2n) is 2.51. The molecule has 0 fully saturated rings. The van der Waals surface area contributed by atoms with E-state index >= 15 is 0 Å². The Labute approximate surface area is 78.3 Å². The monoisotopic (exact) mass is 209 g/mol. The van der Waals surface area contributed by atoms with E-state index in [1.54, 1.807) is 0 Å². The maximum absolute atomic E-state index is 12.1. The highest BCUT2D eigenvalue weighted by Gasteiger charge is 2.30. The van der Waals surface area contributed by atoms with E-state index < -0.39 is 11.7 Å². The molecule has 0 saturated carbocycles. The Morgan fingerprint density at radius 3 is 2.31 bits per heavy atom. The van der Waals surface area contributed by atoms with Crippen LogP contribution in [0.15, 0.2) is 18.2 Å². The maximum Gasteiger partial charge on any atom is 0.416 e. The first kappa shape index (κ1) is 10.3. The number of halogens is 4. The van der Waals surface area contributed by atoms with Gasteiger partial charge in [-0.3, -0.25) is 0 Å². The third kappa shape index (κ3) is 2.35. The molecule has 0 radical (unpaired) electrons. The number of rotatable bonds is 1. The van der Waals surface area contributed by atoms with Crippen molar-refractivity contribution < 1.29 is 13.2 Å². The van der Waals surface area contributed by atoms with Crippen molar-refractivity contribution in [3.05, 3.63) is 34.3 Å². The minimum absolute atomic E-state index is 0.0531. The highest BCUT2D eigenvalue weighted by Crippen LogP contribution is 2.31. The highest BCUT2D eigenvalue weighted by atomic mass is 35.5. The summed E-state index contributed by atoms with van der Waals surface area (Å²) >= 11 is 5.56. The molecule has 0 amide bonds. The van der Waals surface area contributed by atoms with Crippen LogP contribution < -0.4 is 5.73 Å². The predicted molar refractivity (Wildman–Crippen MR) is 44.3 cm³/mol. The molecule has 0 unspecified atom stereocenters. The van der Waals surface area contributed by atoms with E-state index in [2.05, 4.69) is 0 Å². The van der Waals surface area contributed by atoms with Crippen LogP contribution in [-0.2, 0) is 12.7 Å². The van der Waals surface area contributed by atoms with Gasteiger partial charge in [0.15, 0.2) is 0 Å². The van der Waals surface area contributed by atoms with E-state index in [0.29, 0.717) is 5.56 Å². The lowest BCUT2D eigenvalue weighted by atomic mass is 10.1. The summed E-state index contributed by atoms with van der Waals surface area (Å²) in [6.07, 6.45) is -4.35. The van der Waals surface area contributed by atoms with Crippen LogP contribution in [0, 0.1) is 0 Å². The van der Waals surface area contributed by atoms with E-state index in [1.807, 2.05) is 0 Å². The summed E-state index contributed by atoms with van der Waals surface area (Å²) in [6, 6.07) is 3.13. The van der Waals surface area contributed by atoms with Crippen molar-refractivity contribution in [3.63, 3.8) is 0 Å². The average Bonchev–Trinajstić information content (AvgIpc) is 2.02. The Kier molecular flexibility index (Phi) is 2.83. The highest BCUT2D eigenvalue weighted by molar-refractivity contribution is 6.31. The molecular weight excluding hydrogens is 203 g/mol. The van der Waals surface area contributed by atoms with Gasteiger partial charge in [-0.1, -0.05) is 17.7 Å². The third-order valence-corrected chi connectivity index (χ3v) is 1.95. The summed E-state index contributed by atoms with van der Waals surface area (Å²) in [5, 5.41) is 0.0531. The lowest BCUT2D eigenvalue weighted by Crippen LogP contribution is -2.06. The van der Waals surface area contributed by atoms with E-state index in [1.165, 1.54) is 6.07 Å². The number of nitrogens with two attached hydrogens (primary N) is 1. The number of alkyl halides is 3. The lowest BCUT2D eigenvalue weighted by Gasteiger charge is -2.08. The quantitative estimate of drug-likeness (QED) is 0.756. The van der Waals surface area contributed by atoms with Crippen LogP contribution >= 0.6 is 11.6 Å². The second kappa shape index (κ2) is 3.55. The van der Waals surface area contributed by atoms with Crippen LogP contribution in [0.5, 0.6) is 0 Å². The summed E-state index contributed by atoms with van der Waals surface area (Å²) in [7, 11) is 0. The van der Waals surface area contributed by atoms with Gasteiger partial charge < -0.3 is 5.73 Å². The van der Waals surface area contributed by atoms with Gasteiger partial charge in [0.05, 0.1) is 5.56 Å². The van der Waals surface area contributed by atoms with Crippen molar-refractivity contribution >= 4 is 11.6 Å². The van der Waals surface area contributed by atoms with Gasteiger partial charge in [0.2, 0.25) is 0 Å². The summed E-state index contributed by atoms with van der Waals surface area (Å²) in [5.41, 5.74) is 5.00. The molecule has 1 aromatic carbocycles. The Balaban J connectivity index is 3.10. The first-order chi connectivity index (χ1) is 5.95. The molecule has 0 aromatic heterocycles. The molecular formula is C8H7ClF3N. The third-order valence-electron chi connectivity index (χ3n) is 1.60. The minimum Gasteiger partial charge on any atom is -0.326 e. The lowest BCUT2D eigenvalue weighted by molar-refractivity contribution is -0.137. The number of benzene rings is 1. The SMILES string of the molecule is NCc1ccc(C(F)(F)F)cc1Cl. The van der Waals surface area contributed by atoms with E-state index in [9.17, 15) is 13.2 Å². The molecule has 1 nitrogen and oxygen atoms in total. The van der Waals surface area contributed by atoms with Gasteiger partial charge in [0, 0.05) is 11.6 Å². The van der Waals surface area contributed by atoms with Crippen molar-refractivity contribution in [1.29, 1.82) is 0 Å². The van der Waals surface area contributed by atoms with Gasteiger partial charge in [-0.15, -0.1) is 0 Å². The summed E-state index contributed by atoms with van der Waals surface area (Å²) in [5.74, 6) is 0. The van der Waals surface area contributed by atoms with Gasteiger partial charge >= 0.3 is 6.18 Å². The second-order valence-corrected chi connectivity index (χ2v) is 2.92. The summed E-state index contributed by atoms with van der Waals surface area (Å²) < 4.78 is 36.3. The fraction of sp³-hybridized carbons (Fsp3) is 0.250. The molecule has 5 heteroatoms. The van der Waals surface area contributed by atoms with E-state index in [-0.39, 0.29) is 11.6 Å². The molecule has 13 heavy (non-hydrogen) atoms. The molecule has 1 rings (SSSR count). The van der Waals surface area contributed by atoms with Gasteiger partial charge in [-0.25, -0.2) is 0 Å². The van der Waals surface area contributed by atoms with Crippen LogP contribution in [0.25, 0.3) is 0 Å². The maximum atomic E-state index is 12.1. The fourth-order valence-electron chi connectivity index (χ4n) is 0.889. The molecule has 0 aliphatic rings. The van der Waals surface area contributed by atoms with E-state index in [4.69, 9.17) is 17.3 Å². The Hall–Kier alpha value is -0.740. The largest absolute Gasteiger partial charge is 0.416 e. The number of hydrogen-bond donors (Lipinski definition) is 1. The van der Waals surface area contributed by atoms with E-state index in [0.717, 1.165) is 12.1 Å². The van der Waals surface area contributed by atoms with Gasteiger partial charge in [0.25, 0.3) is 0 Å². The van der Waals surface area contributed by atoms with Gasteiger partial charge in [-0.05, 0) is 17.7 Å². The topological polar surface area (TPSA) is 26.0 Å². The number of hydrogen-bond acceptors (Lipinski definition) is 1. The Morgan fingerprint density at radius 1 is 1.31 bits per heavy atom. The molecule has 0 aliphatic heterocycles. The smallest absolute Gasteiger partial charge is 0.326 e. The molecule has 0 aliphatic carbocycles. The molecule has 0 bridgehead atoms. The fourth-order valence-corrected chi connectivity index (χ4v) is 1.15.